The average molecular weight is 913 g/mol. The molecule has 4 saturated heterocycles. The highest BCUT2D eigenvalue weighted by atomic mass is 16.7. The molecule has 2 N–H and O–H groups in total. The first-order chi connectivity index (χ1) is 31.2. The molecule has 0 amide bonds. The van der Waals surface area contributed by atoms with Gasteiger partial charge in [-0.05, 0) is 75.8 Å². The summed E-state index contributed by atoms with van der Waals surface area (Å²) in [6.07, 6.45) is 13.7. The van der Waals surface area contributed by atoms with E-state index in [1.54, 1.807) is 40.6 Å². The first kappa shape index (κ1) is 48.7. The Hall–Kier alpha value is -2.77. The Morgan fingerprint density at radius 2 is 1.58 bits per heavy atom. The highest BCUT2D eigenvalue weighted by Gasteiger charge is 2.60. The van der Waals surface area contributed by atoms with Crippen LogP contribution in [0, 0.1) is 17.8 Å². The van der Waals surface area contributed by atoms with Gasteiger partial charge in [-0.2, -0.15) is 0 Å². The molecule has 8 rings (SSSR count). The van der Waals surface area contributed by atoms with Gasteiger partial charge in [0, 0.05) is 58.8 Å². The van der Waals surface area contributed by atoms with E-state index in [0.717, 1.165) is 24.0 Å². The third kappa shape index (κ3) is 10.0. The summed E-state index contributed by atoms with van der Waals surface area (Å²) in [7, 11) is 4.81. The third-order valence-corrected chi connectivity index (χ3v) is 14.9. The number of methoxy groups -OCH3 is 3. The van der Waals surface area contributed by atoms with Crippen molar-refractivity contribution in [3.8, 4) is 0 Å². The van der Waals surface area contributed by atoms with E-state index in [2.05, 4.69) is 26.0 Å². The second-order valence-corrected chi connectivity index (χ2v) is 19.4. The predicted octanol–water partition coefficient (Wildman–Crippen LogP) is 5.68. The molecule has 15 nitrogen and oxygen atoms in total. The fraction of sp³-hybridized carbons (Fsp3) is 0.740. The van der Waals surface area contributed by atoms with E-state index >= 15 is 0 Å². The summed E-state index contributed by atoms with van der Waals surface area (Å²) in [5, 5.41) is 23.3. The van der Waals surface area contributed by atoms with E-state index in [1.807, 2.05) is 51.2 Å². The summed E-state index contributed by atoms with van der Waals surface area (Å²) >= 11 is 0. The maximum Gasteiger partial charge on any atom is 0.316 e. The molecule has 1 aliphatic carbocycles. The molecule has 2 bridgehead atoms. The zero-order chi connectivity index (χ0) is 46.2. The van der Waals surface area contributed by atoms with Crippen LogP contribution in [0.15, 0.2) is 71.6 Å². The smallest absolute Gasteiger partial charge is 0.316 e. The van der Waals surface area contributed by atoms with E-state index in [0.29, 0.717) is 31.3 Å². The van der Waals surface area contributed by atoms with Crippen LogP contribution in [-0.2, 0) is 61.6 Å². The van der Waals surface area contributed by atoms with Crippen LogP contribution >= 0.6 is 0 Å². The number of aliphatic hydroxyl groups is 2. The molecule has 2 unspecified atom stereocenters. The Kier molecular flexibility index (Phi) is 15.3. The molecular weight excluding hydrogens is 841 g/mol. The molecule has 0 aromatic rings. The first-order valence-electron chi connectivity index (χ1n) is 23.7. The van der Waals surface area contributed by atoms with Crippen molar-refractivity contribution in [3.05, 3.63) is 71.6 Å². The minimum atomic E-state index is -1.73. The van der Waals surface area contributed by atoms with Gasteiger partial charge in [-0.15, -0.1) is 0 Å². The first-order valence-corrected chi connectivity index (χ1v) is 23.7. The maximum atomic E-state index is 14.5. The molecule has 4 fully saturated rings. The van der Waals surface area contributed by atoms with E-state index < -0.39 is 96.9 Å². The van der Waals surface area contributed by atoms with Crippen LogP contribution in [0.25, 0.3) is 0 Å². The lowest BCUT2D eigenvalue weighted by Gasteiger charge is -2.48. The van der Waals surface area contributed by atoms with Crippen molar-refractivity contribution >= 4 is 5.97 Å². The zero-order valence-electron chi connectivity index (χ0n) is 39.4. The van der Waals surface area contributed by atoms with Gasteiger partial charge in [-0.1, -0.05) is 50.3 Å². The minimum Gasteiger partial charge on any atom is -0.496 e. The monoisotopic (exact) mass is 912 g/mol. The fourth-order valence-electron chi connectivity index (χ4n) is 11.2. The van der Waals surface area contributed by atoms with E-state index in [9.17, 15) is 15.0 Å². The van der Waals surface area contributed by atoms with Gasteiger partial charge in [-0.3, -0.25) is 4.79 Å². The van der Waals surface area contributed by atoms with Gasteiger partial charge >= 0.3 is 5.97 Å². The van der Waals surface area contributed by atoms with Crippen LogP contribution < -0.4 is 0 Å². The number of ether oxygens (including phenoxy) is 12. The molecule has 15 heteroatoms. The van der Waals surface area contributed by atoms with Gasteiger partial charge < -0.3 is 67.1 Å². The third-order valence-electron chi connectivity index (χ3n) is 14.9. The van der Waals surface area contributed by atoms with Crippen LogP contribution in [-0.4, -0.2) is 147 Å². The second kappa shape index (κ2) is 20.4. The molecule has 362 valence electrons. The fourth-order valence-corrected chi connectivity index (χ4v) is 11.2. The summed E-state index contributed by atoms with van der Waals surface area (Å²) in [6.45, 7) is 12.0. The largest absolute Gasteiger partial charge is 0.496 e. The summed E-state index contributed by atoms with van der Waals surface area (Å²) in [5.74, 6) is -2.89. The topological polar surface area (TPSA) is 168 Å². The van der Waals surface area contributed by atoms with Crippen LogP contribution in [0.5, 0.6) is 0 Å². The Balaban J connectivity index is 1.09. The molecule has 0 saturated carbocycles. The highest BCUT2D eigenvalue weighted by molar-refractivity contribution is 5.78. The van der Waals surface area contributed by atoms with Crippen LogP contribution in [0.2, 0.25) is 0 Å². The Morgan fingerprint density at radius 1 is 0.831 bits per heavy atom. The molecule has 7 heterocycles. The number of esters is 1. The van der Waals surface area contributed by atoms with Gasteiger partial charge in [0.25, 0.3) is 0 Å². The van der Waals surface area contributed by atoms with Crippen molar-refractivity contribution in [1.82, 2.24) is 0 Å². The zero-order valence-corrected chi connectivity index (χ0v) is 39.4. The van der Waals surface area contributed by atoms with Gasteiger partial charge in [0.2, 0.25) is 0 Å². The predicted molar refractivity (Wildman–Crippen MR) is 236 cm³/mol. The lowest BCUT2D eigenvalue weighted by molar-refractivity contribution is -0.318. The number of aliphatic hydroxyl groups excluding tert-OH is 1. The summed E-state index contributed by atoms with van der Waals surface area (Å²) in [6, 6.07) is 0. The number of fused-ring (bicyclic) bond motifs is 2. The number of carbonyl (C=O) groups excluding carboxylic acids is 1. The number of hydrogen-bond acceptors (Lipinski definition) is 15. The Morgan fingerprint density at radius 3 is 2.32 bits per heavy atom. The molecule has 20 atom stereocenters. The lowest BCUT2D eigenvalue weighted by Crippen LogP contribution is -2.58. The van der Waals surface area contributed by atoms with Crippen molar-refractivity contribution in [2.75, 3.05) is 27.9 Å². The SMILES string of the molecule is CO[C@H]1C[C@H](O[C@H]2[C@H](C)O[C@@H](O[C@@H]3/C(C)=C\C[C@@H]4C[C@@H](C[C@]5(C=C[C@H](C)C(C6CCC=CO6)O5)O4)OC(=O)[C@@H]4C=C(C)[C@@H](OC)[C@H]5OCC(=C/C=C\[C@@H]3C)[C@]54O)C[C@@H]2OC)O[C@@H](C)[C@@H]1O. The quantitative estimate of drug-likeness (QED) is 0.225. The number of rotatable bonds is 8. The summed E-state index contributed by atoms with van der Waals surface area (Å²) < 4.78 is 76.2. The van der Waals surface area contributed by atoms with Gasteiger partial charge in [-0.25, -0.2) is 0 Å². The van der Waals surface area contributed by atoms with Gasteiger partial charge in [0.05, 0.1) is 49.5 Å². The van der Waals surface area contributed by atoms with Gasteiger partial charge in [0.1, 0.15) is 54.2 Å². The van der Waals surface area contributed by atoms with Crippen molar-refractivity contribution in [2.45, 2.75) is 190 Å². The molecule has 7 aliphatic heterocycles. The molecule has 0 aromatic heterocycles. The van der Waals surface area contributed by atoms with Crippen LogP contribution in [0.1, 0.15) is 86.5 Å². The summed E-state index contributed by atoms with van der Waals surface area (Å²) in [5.41, 5.74) is 0.569. The molecular formula is C50H72O15. The van der Waals surface area contributed by atoms with Crippen LogP contribution in [0.3, 0.4) is 0 Å². The lowest BCUT2D eigenvalue weighted by atomic mass is 9.70. The number of hydrogen-bond donors (Lipinski definition) is 2. The van der Waals surface area contributed by atoms with Crippen LogP contribution in [0.4, 0.5) is 0 Å². The van der Waals surface area contributed by atoms with Crippen molar-refractivity contribution < 1.29 is 71.8 Å². The molecule has 65 heavy (non-hydrogen) atoms. The molecule has 0 aromatic carbocycles. The highest BCUT2D eigenvalue weighted by Crippen LogP contribution is 2.48. The average Bonchev–Trinajstić information content (AvgIpc) is 3.62. The normalized spacial score (nSPS) is 48.3. The van der Waals surface area contributed by atoms with E-state index in [1.165, 1.54) is 0 Å². The van der Waals surface area contributed by atoms with E-state index in [4.69, 9.17) is 56.8 Å². The summed E-state index contributed by atoms with van der Waals surface area (Å²) in [4.78, 5) is 14.5. The molecule has 8 aliphatic rings. The minimum absolute atomic E-state index is 0.0654. The van der Waals surface area contributed by atoms with Crippen molar-refractivity contribution in [3.63, 3.8) is 0 Å². The standard InChI is InChI=1S/C50H72O15/c1-27-13-12-14-33-26-58-47-45(56-9)30(4)21-36(50(33,47)53)48(52)61-35-22-34(64-49(25-35)19-18-29(3)44(65-49)37-15-10-11-20-57-37)17-16-28(2)43(27)62-41-24-39(55-8)46(32(6)60-41)63-40-23-38(54-7)42(51)31(5)59-40/h11-14,16,18-21,27,29,31-32,34-47,51,53H,10,15,17,22-26H2,1-9H3/b13-12-,28-16-,33-14?/t27-,29-,31-,32-,34+,35-,36-,37?,38-,39-,40-,41-,42-,43-,44?,45+,46-,47+,49+,50+/m0/s1. The molecule has 0 radical (unpaired) electrons. The van der Waals surface area contributed by atoms with Crippen molar-refractivity contribution in [2.24, 2.45) is 17.8 Å². The Labute approximate surface area is 384 Å². The van der Waals surface area contributed by atoms with E-state index in [-0.39, 0.29) is 43.2 Å². The van der Waals surface area contributed by atoms with Gasteiger partial charge in [0.15, 0.2) is 18.4 Å². The maximum absolute atomic E-state index is 14.5. The number of carbonyl (C=O) groups is 1. The van der Waals surface area contributed by atoms with Crippen molar-refractivity contribution in [1.29, 1.82) is 0 Å². The molecule has 1 spiro atoms. The Bertz CT molecular complexity index is 1860. The number of allylic oxidation sites excluding steroid dienone is 3. The second-order valence-electron chi connectivity index (χ2n) is 19.4.